The van der Waals surface area contributed by atoms with Crippen LogP contribution < -0.4 is 0 Å². The Morgan fingerprint density at radius 1 is 0.500 bits per heavy atom. The molecule has 17 aliphatic rings. The zero-order chi connectivity index (χ0) is 15.8. The van der Waals surface area contributed by atoms with Gasteiger partial charge in [0, 0.05) is 23.7 Å². The van der Waals surface area contributed by atoms with Gasteiger partial charge in [-0.2, -0.15) is 0 Å². The summed E-state index contributed by atoms with van der Waals surface area (Å²) in [6.07, 6.45) is 0.548. The number of carbonyl (C=O) groups is 2. The van der Waals surface area contributed by atoms with E-state index >= 15 is 0 Å². The van der Waals surface area contributed by atoms with E-state index in [-0.39, 0.29) is 36.0 Å². The van der Waals surface area contributed by atoms with Crippen molar-refractivity contribution in [1.29, 1.82) is 0 Å². The second-order valence-corrected chi connectivity index (χ2v) is 12.8. The monoisotopic (exact) mass is 344 g/mol. The molecule has 17 rings (SSSR count). The maximum Gasteiger partial charge on any atom is 0.309 e. The lowest BCUT2D eigenvalue weighted by Crippen LogP contribution is -2.73. The van der Waals surface area contributed by atoms with Crippen LogP contribution in [-0.4, -0.2) is 24.1 Å². The van der Waals surface area contributed by atoms with Crippen LogP contribution in [0.4, 0.5) is 0 Å². The van der Waals surface area contributed by atoms with Crippen LogP contribution in [0.3, 0.4) is 0 Å². The number of esters is 2. The fraction of sp³-hybridized carbons (Fsp3) is 0.909. The van der Waals surface area contributed by atoms with Gasteiger partial charge in [0.25, 0.3) is 0 Å². The molecule has 8 unspecified atom stereocenters. The first-order valence-corrected chi connectivity index (χ1v) is 11.2. The average Bonchev–Trinajstić information content (AvgIpc) is 3.36. The Morgan fingerprint density at radius 2 is 0.808 bits per heavy atom. The van der Waals surface area contributed by atoms with Crippen molar-refractivity contribution < 1.29 is 19.1 Å². The normalized spacial score (nSPS) is 100. The summed E-state index contributed by atoms with van der Waals surface area (Å²) in [5.41, 5.74) is 1.76. The van der Waals surface area contributed by atoms with Gasteiger partial charge in [0.1, 0.15) is 12.2 Å². The number of rotatable bonds is 0. The van der Waals surface area contributed by atoms with Crippen LogP contribution in [0.1, 0.15) is 0 Å². The molecule has 4 heterocycles. The molecular formula is C22H16O4. The minimum absolute atomic E-state index is 0.214. The number of hydrogen-bond donors (Lipinski definition) is 0. The molecule has 0 aromatic rings. The van der Waals surface area contributed by atoms with Crippen LogP contribution in [-0.2, 0) is 19.1 Å². The molecule has 13 saturated carbocycles. The maximum atomic E-state index is 13.3. The first-order valence-electron chi connectivity index (χ1n) is 11.2. The SMILES string of the molecule is O=C1OC2C3C4C5C2C26C7C1C1C8C7C7C9C(=O)OC%10C4C(C98)(C312)C76C%105. The molecule has 17 fully saturated rings. The number of hydrogen-bond acceptors (Lipinski definition) is 4. The molecule has 0 aromatic heterocycles. The van der Waals surface area contributed by atoms with Gasteiger partial charge >= 0.3 is 11.9 Å². The lowest BCUT2D eigenvalue weighted by molar-refractivity contribution is -0.297. The molecule has 0 amide bonds. The highest BCUT2D eigenvalue weighted by Gasteiger charge is 3.25. The van der Waals surface area contributed by atoms with Gasteiger partial charge in [-0.15, -0.1) is 0 Å². The predicted molar refractivity (Wildman–Crippen MR) is 78.4 cm³/mol. The summed E-state index contributed by atoms with van der Waals surface area (Å²) in [5.74, 6) is 8.99. The minimum atomic E-state index is 0.214. The van der Waals surface area contributed by atoms with Crippen molar-refractivity contribution >= 4 is 11.9 Å². The predicted octanol–water partition coefficient (Wildman–Crippen LogP) is 0.559. The number of carbonyl (C=O) groups excluding carboxylic acids is 2. The fourth-order valence-electron chi connectivity index (χ4n) is 18.0. The smallest absolute Gasteiger partial charge is 0.309 e. The van der Waals surface area contributed by atoms with Gasteiger partial charge in [-0.05, 0) is 69.0 Å². The van der Waals surface area contributed by atoms with E-state index in [1.807, 2.05) is 0 Å². The molecule has 8 atom stereocenters. The Labute approximate surface area is 148 Å². The quantitative estimate of drug-likeness (QED) is 0.603. The molecule has 0 N–H and O–H groups in total. The molecule has 26 heavy (non-hydrogen) atoms. The second-order valence-electron chi connectivity index (χ2n) is 12.8. The van der Waals surface area contributed by atoms with Crippen LogP contribution in [0.5, 0.6) is 0 Å². The van der Waals surface area contributed by atoms with Crippen molar-refractivity contribution in [2.24, 2.45) is 105 Å². The molecule has 4 heteroatoms. The van der Waals surface area contributed by atoms with Crippen molar-refractivity contribution in [3.05, 3.63) is 0 Å². The third-order valence-corrected chi connectivity index (χ3v) is 15.2. The fourth-order valence-corrected chi connectivity index (χ4v) is 18.0. The summed E-state index contributed by atoms with van der Waals surface area (Å²) in [5, 5.41) is 0. The average molecular weight is 344 g/mol. The Hall–Kier alpha value is -1.06. The van der Waals surface area contributed by atoms with E-state index in [0.29, 0.717) is 80.8 Å². The lowest BCUT2D eigenvalue weighted by Gasteiger charge is -2.74. The van der Waals surface area contributed by atoms with E-state index in [4.69, 9.17) is 9.47 Å². The Morgan fingerprint density at radius 3 is 1.15 bits per heavy atom. The van der Waals surface area contributed by atoms with E-state index < -0.39 is 0 Å². The highest BCUT2D eigenvalue weighted by Crippen LogP contribution is 3.24. The molecule has 16 bridgehead atoms. The molecule has 4 aliphatic heterocycles. The largest absolute Gasteiger partial charge is 0.461 e. The zero-order valence-electron chi connectivity index (χ0n) is 13.9. The van der Waals surface area contributed by atoms with Gasteiger partial charge in [0.05, 0.1) is 11.8 Å². The van der Waals surface area contributed by atoms with Crippen LogP contribution in [0.25, 0.3) is 0 Å². The van der Waals surface area contributed by atoms with Crippen LogP contribution in [0, 0.1) is 105 Å². The summed E-state index contributed by atoms with van der Waals surface area (Å²) < 4.78 is 12.8. The topological polar surface area (TPSA) is 52.6 Å². The molecule has 0 radical (unpaired) electrons. The van der Waals surface area contributed by atoms with Gasteiger partial charge in [0.15, 0.2) is 0 Å². The molecule has 4 saturated heterocycles. The molecule has 128 valence electrons. The molecule has 13 aliphatic carbocycles. The number of fused-ring (bicyclic) bond motifs is 2. The summed E-state index contributed by atoms with van der Waals surface area (Å²) in [7, 11) is 0. The van der Waals surface area contributed by atoms with Crippen molar-refractivity contribution in [2.75, 3.05) is 0 Å². The van der Waals surface area contributed by atoms with E-state index in [1.165, 1.54) is 0 Å². The van der Waals surface area contributed by atoms with Crippen molar-refractivity contribution in [1.82, 2.24) is 0 Å². The van der Waals surface area contributed by atoms with E-state index in [0.717, 1.165) is 11.8 Å². The first kappa shape index (κ1) is 10.5. The highest BCUT2D eigenvalue weighted by molar-refractivity contribution is 5.88. The summed E-state index contributed by atoms with van der Waals surface area (Å²) in [6, 6.07) is 0. The summed E-state index contributed by atoms with van der Waals surface area (Å²) in [6.45, 7) is 0. The molecule has 0 aromatic carbocycles. The van der Waals surface area contributed by atoms with Gasteiger partial charge in [0.2, 0.25) is 0 Å². The van der Waals surface area contributed by atoms with Gasteiger partial charge in [-0.3, -0.25) is 9.59 Å². The van der Waals surface area contributed by atoms with E-state index in [9.17, 15) is 9.59 Å². The third-order valence-electron chi connectivity index (χ3n) is 15.2. The summed E-state index contributed by atoms with van der Waals surface area (Å²) in [4.78, 5) is 26.6. The minimum Gasteiger partial charge on any atom is -0.461 e. The Balaban J connectivity index is 1.42. The van der Waals surface area contributed by atoms with Gasteiger partial charge < -0.3 is 9.47 Å². The van der Waals surface area contributed by atoms with Crippen molar-refractivity contribution in [2.45, 2.75) is 12.2 Å². The maximum absolute atomic E-state index is 13.3. The van der Waals surface area contributed by atoms with Crippen LogP contribution in [0.15, 0.2) is 0 Å². The van der Waals surface area contributed by atoms with E-state index in [1.54, 1.807) is 0 Å². The van der Waals surface area contributed by atoms with Crippen LogP contribution in [0.2, 0.25) is 0 Å². The second kappa shape index (κ2) is 2.02. The molecule has 4 nitrogen and oxygen atoms in total. The lowest BCUT2D eigenvalue weighted by atomic mass is 9.28. The van der Waals surface area contributed by atoms with Gasteiger partial charge in [-0.25, -0.2) is 0 Å². The molecule has 4 spiro atoms. The first-order chi connectivity index (χ1) is 12.8. The van der Waals surface area contributed by atoms with Crippen molar-refractivity contribution in [3.8, 4) is 0 Å². The summed E-state index contributed by atoms with van der Waals surface area (Å²) >= 11 is 0. The Kier molecular flexibility index (Phi) is 0.815. The zero-order valence-corrected chi connectivity index (χ0v) is 13.9. The third kappa shape index (κ3) is 0.378. The Bertz CT molecular complexity index is 947. The molecular weight excluding hydrogens is 328 g/mol. The number of ether oxygens (including phenoxy) is 2. The highest BCUT2D eigenvalue weighted by atomic mass is 16.6. The standard InChI is InChI=1S/C22H16O4/c23-17-5-7-1-2-9(5)21-13-4-3-11(15(13)25-17)19(7,21)20-8(1)6-10(2)22(20,21)14(4)16(12(3)20)26-18(6)24/h1-16H. The van der Waals surface area contributed by atoms with E-state index in [2.05, 4.69) is 0 Å². The van der Waals surface area contributed by atoms with Crippen molar-refractivity contribution in [3.63, 3.8) is 0 Å². The van der Waals surface area contributed by atoms with Gasteiger partial charge in [-0.1, -0.05) is 0 Å². The van der Waals surface area contributed by atoms with Crippen LogP contribution >= 0.6 is 0 Å².